The van der Waals surface area contributed by atoms with Crippen molar-refractivity contribution >= 4 is 17.6 Å². The number of rotatable bonds is 2. The van der Waals surface area contributed by atoms with E-state index in [0.717, 1.165) is 11.3 Å². The SMILES string of the molecule is C#Cc1cccc(NSC)c1. The van der Waals surface area contributed by atoms with Crippen molar-refractivity contribution in [2.75, 3.05) is 11.0 Å². The van der Waals surface area contributed by atoms with Gasteiger partial charge in [0.2, 0.25) is 0 Å². The van der Waals surface area contributed by atoms with Crippen LogP contribution in [0.1, 0.15) is 5.56 Å². The molecule has 1 nitrogen and oxygen atoms in total. The molecule has 1 aromatic rings. The van der Waals surface area contributed by atoms with Gasteiger partial charge in [-0.1, -0.05) is 23.9 Å². The van der Waals surface area contributed by atoms with E-state index in [1.54, 1.807) is 11.9 Å². The summed E-state index contributed by atoms with van der Waals surface area (Å²) in [6.07, 6.45) is 7.21. The van der Waals surface area contributed by atoms with Gasteiger partial charge in [0.1, 0.15) is 0 Å². The van der Waals surface area contributed by atoms with Crippen LogP contribution in [-0.2, 0) is 0 Å². The predicted octanol–water partition coefficient (Wildman–Crippen LogP) is 2.36. The number of hydrogen-bond acceptors (Lipinski definition) is 2. The van der Waals surface area contributed by atoms with Crippen LogP contribution in [-0.4, -0.2) is 6.26 Å². The first-order chi connectivity index (χ1) is 5.36. The molecule has 0 fully saturated rings. The Bertz CT molecular complexity index is 275. The van der Waals surface area contributed by atoms with E-state index in [9.17, 15) is 0 Å². The minimum atomic E-state index is 0.907. The van der Waals surface area contributed by atoms with Crippen LogP contribution >= 0.6 is 11.9 Å². The third kappa shape index (κ3) is 2.21. The molecule has 1 rings (SSSR count). The van der Waals surface area contributed by atoms with Gasteiger partial charge in [0.05, 0.1) is 0 Å². The Labute approximate surface area is 71.3 Å². The lowest BCUT2D eigenvalue weighted by molar-refractivity contribution is 1.63. The van der Waals surface area contributed by atoms with Crippen LogP contribution in [0, 0.1) is 12.3 Å². The van der Waals surface area contributed by atoms with E-state index in [0.29, 0.717) is 0 Å². The highest BCUT2D eigenvalue weighted by molar-refractivity contribution is 7.99. The van der Waals surface area contributed by atoms with E-state index in [1.807, 2.05) is 30.5 Å². The van der Waals surface area contributed by atoms with Crippen molar-refractivity contribution in [1.82, 2.24) is 0 Å². The highest BCUT2D eigenvalue weighted by Gasteiger charge is 1.89. The molecule has 0 aromatic heterocycles. The third-order valence-electron chi connectivity index (χ3n) is 1.25. The van der Waals surface area contributed by atoms with Crippen LogP contribution in [0.2, 0.25) is 0 Å². The largest absolute Gasteiger partial charge is 0.330 e. The maximum atomic E-state index is 5.23. The van der Waals surface area contributed by atoms with Gasteiger partial charge >= 0.3 is 0 Å². The molecule has 0 heterocycles. The molecule has 0 aliphatic rings. The van der Waals surface area contributed by atoms with Gasteiger partial charge in [-0.15, -0.1) is 6.42 Å². The molecule has 0 aliphatic carbocycles. The van der Waals surface area contributed by atoms with Crippen molar-refractivity contribution in [2.24, 2.45) is 0 Å². The second-order valence-corrected chi connectivity index (χ2v) is 2.64. The zero-order valence-corrected chi connectivity index (χ0v) is 7.11. The second-order valence-electron chi connectivity index (χ2n) is 2.03. The molecule has 0 aliphatic heterocycles. The normalized spacial score (nSPS) is 8.73. The van der Waals surface area contributed by atoms with Gasteiger partial charge in [-0.25, -0.2) is 0 Å². The number of anilines is 1. The van der Waals surface area contributed by atoms with Crippen molar-refractivity contribution in [1.29, 1.82) is 0 Å². The summed E-state index contributed by atoms with van der Waals surface area (Å²) in [7, 11) is 0. The van der Waals surface area contributed by atoms with Gasteiger partial charge < -0.3 is 4.72 Å². The highest BCUT2D eigenvalue weighted by atomic mass is 32.2. The standard InChI is InChI=1S/C9H9NS/c1-3-8-5-4-6-9(7-8)10-11-2/h1,4-7,10H,2H3. The van der Waals surface area contributed by atoms with Crippen molar-refractivity contribution in [3.63, 3.8) is 0 Å². The molecule has 0 unspecified atom stereocenters. The smallest absolute Gasteiger partial charge is 0.0452 e. The molecular formula is C9H9NS. The van der Waals surface area contributed by atoms with Crippen molar-refractivity contribution < 1.29 is 0 Å². The molecule has 0 spiro atoms. The van der Waals surface area contributed by atoms with Crippen LogP contribution < -0.4 is 4.72 Å². The lowest BCUT2D eigenvalue weighted by atomic mass is 10.2. The Morgan fingerprint density at radius 1 is 1.55 bits per heavy atom. The predicted molar refractivity (Wildman–Crippen MR) is 51.5 cm³/mol. The molecule has 0 saturated heterocycles. The Kier molecular flexibility index (Phi) is 2.88. The molecule has 0 radical (unpaired) electrons. The average Bonchev–Trinajstić information content (AvgIpc) is 2.06. The monoisotopic (exact) mass is 163 g/mol. The van der Waals surface area contributed by atoms with E-state index in [-0.39, 0.29) is 0 Å². The fraction of sp³-hybridized carbons (Fsp3) is 0.111. The summed E-state index contributed by atoms with van der Waals surface area (Å²) in [5.41, 5.74) is 1.96. The lowest BCUT2D eigenvalue weighted by Crippen LogP contribution is -1.84. The topological polar surface area (TPSA) is 12.0 Å². The average molecular weight is 163 g/mol. The summed E-state index contributed by atoms with van der Waals surface area (Å²) < 4.78 is 3.10. The van der Waals surface area contributed by atoms with Crippen LogP contribution in [0.3, 0.4) is 0 Å². The number of terminal acetylenes is 1. The van der Waals surface area contributed by atoms with Gasteiger partial charge in [0.15, 0.2) is 0 Å². The summed E-state index contributed by atoms with van der Waals surface area (Å²) >= 11 is 1.56. The highest BCUT2D eigenvalue weighted by Crippen LogP contribution is 2.12. The van der Waals surface area contributed by atoms with Crippen LogP contribution in [0.5, 0.6) is 0 Å². The van der Waals surface area contributed by atoms with E-state index in [2.05, 4.69) is 10.6 Å². The van der Waals surface area contributed by atoms with Gasteiger partial charge in [0, 0.05) is 17.5 Å². The van der Waals surface area contributed by atoms with Crippen molar-refractivity contribution in [3.05, 3.63) is 29.8 Å². The van der Waals surface area contributed by atoms with Gasteiger partial charge in [0.25, 0.3) is 0 Å². The molecule has 0 atom stereocenters. The Hall–Kier alpha value is -1.07. The Morgan fingerprint density at radius 2 is 2.36 bits per heavy atom. The summed E-state index contributed by atoms with van der Waals surface area (Å²) in [6, 6.07) is 7.77. The van der Waals surface area contributed by atoms with E-state index in [4.69, 9.17) is 6.42 Å². The summed E-state index contributed by atoms with van der Waals surface area (Å²) in [6.45, 7) is 0. The summed E-state index contributed by atoms with van der Waals surface area (Å²) in [5, 5.41) is 0. The third-order valence-corrected chi connectivity index (χ3v) is 1.69. The van der Waals surface area contributed by atoms with Crippen LogP contribution in [0.25, 0.3) is 0 Å². The maximum Gasteiger partial charge on any atom is 0.0452 e. The van der Waals surface area contributed by atoms with Gasteiger partial charge in [-0.3, -0.25) is 0 Å². The minimum Gasteiger partial charge on any atom is -0.330 e. The zero-order valence-electron chi connectivity index (χ0n) is 6.29. The molecule has 56 valence electrons. The summed E-state index contributed by atoms with van der Waals surface area (Å²) in [5.74, 6) is 2.58. The molecule has 11 heavy (non-hydrogen) atoms. The molecule has 1 aromatic carbocycles. The number of benzene rings is 1. The Morgan fingerprint density at radius 3 is 3.00 bits per heavy atom. The Balaban J connectivity index is 2.85. The fourth-order valence-electron chi connectivity index (χ4n) is 0.790. The second kappa shape index (κ2) is 3.95. The lowest BCUT2D eigenvalue weighted by Gasteiger charge is -2.00. The van der Waals surface area contributed by atoms with Crippen LogP contribution in [0.15, 0.2) is 24.3 Å². The van der Waals surface area contributed by atoms with Crippen LogP contribution in [0.4, 0.5) is 5.69 Å². The molecule has 2 heteroatoms. The van der Waals surface area contributed by atoms with E-state index >= 15 is 0 Å². The first-order valence-electron chi connectivity index (χ1n) is 3.22. The molecule has 0 bridgehead atoms. The molecule has 0 amide bonds. The fourth-order valence-corrected chi connectivity index (χ4v) is 1.15. The number of hydrogen-bond donors (Lipinski definition) is 1. The summed E-state index contributed by atoms with van der Waals surface area (Å²) in [4.78, 5) is 0. The molecule has 0 saturated carbocycles. The zero-order chi connectivity index (χ0) is 8.10. The number of nitrogens with one attached hydrogen (secondary N) is 1. The maximum absolute atomic E-state index is 5.23. The molecular weight excluding hydrogens is 154 g/mol. The quantitative estimate of drug-likeness (QED) is 0.530. The van der Waals surface area contributed by atoms with Crippen molar-refractivity contribution in [2.45, 2.75) is 0 Å². The van der Waals surface area contributed by atoms with Gasteiger partial charge in [-0.05, 0) is 18.2 Å². The van der Waals surface area contributed by atoms with Gasteiger partial charge in [-0.2, -0.15) is 0 Å². The van der Waals surface area contributed by atoms with E-state index in [1.165, 1.54) is 0 Å². The van der Waals surface area contributed by atoms with E-state index < -0.39 is 0 Å². The molecule has 1 N–H and O–H groups in total. The first kappa shape index (κ1) is 8.03. The minimum absolute atomic E-state index is 0.907. The van der Waals surface area contributed by atoms with Crippen molar-refractivity contribution in [3.8, 4) is 12.3 Å². The first-order valence-corrected chi connectivity index (χ1v) is 4.45.